The largest absolute Gasteiger partial charge is 0.469 e. The third-order valence-corrected chi connectivity index (χ3v) is 3.98. The molecule has 1 aromatic rings. The fraction of sp³-hybridized carbons (Fsp3) is 0.429. The predicted octanol–water partition coefficient (Wildman–Crippen LogP) is 2.53. The molecule has 1 aliphatic heterocycles. The molecule has 2 rings (SSSR count). The summed E-state index contributed by atoms with van der Waals surface area (Å²) in [5, 5.41) is 0. The molecular formula is C14H16BrNO3. The fourth-order valence-corrected chi connectivity index (χ4v) is 2.79. The number of hydrogen-bond acceptors (Lipinski definition) is 3. The maximum Gasteiger partial charge on any atom is 0.310 e. The highest BCUT2D eigenvalue weighted by Gasteiger charge is 2.37. The van der Waals surface area contributed by atoms with Gasteiger partial charge in [0.2, 0.25) is 5.91 Å². The molecule has 0 N–H and O–H groups in total. The van der Waals surface area contributed by atoms with E-state index in [9.17, 15) is 9.59 Å². The van der Waals surface area contributed by atoms with Crippen molar-refractivity contribution in [2.75, 3.05) is 13.7 Å². The van der Waals surface area contributed by atoms with E-state index in [-0.39, 0.29) is 30.3 Å². The molecule has 4 nitrogen and oxygen atoms in total. The van der Waals surface area contributed by atoms with Gasteiger partial charge in [0, 0.05) is 17.4 Å². The summed E-state index contributed by atoms with van der Waals surface area (Å²) >= 11 is 3.42. The van der Waals surface area contributed by atoms with Gasteiger partial charge in [-0.3, -0.25) is 9.59 Å². The number of rotatable bonds is 3. The molecule has 5 heteroatoms. The molecule has 102 valence electrons. The molecule has 1 saturated heterocycles. The Morgan fingerprint density at radius 1 is 1.53 bits per heavy atom. The Balaban J connectivity index is 2.14. The molecule has 2 unspecified atom stereocenters. The van der Waals surface area contributed by atoms with Crippen LogP contribution in [-0.4, -0.2) is 30.4 Å². The first-order valence-corrected chi connectivity index (χ1v) is 6.95. The lowest BCUT2D eigenvalue weighted by atomic mass is 10.1. The Morgan fingerprint density at radius 2 is 2.26 bits per heavy atom. The van der Waals surface area contributed by atoms with Crippen LogP contribution in [0.15, 0.2) is 28.7 Å². The van der Waals surface area contributed by atoms with Gasteiger partial charge in [0.1, 0.15) is 0 Å². The molecule has 0 radical (unpaired) electrons. The van der Waals surface area contributed by atoms with Gasteiger partial charge in [0.25, 0.3) is 0 Å². The number of carbonyl (C=O) groups excluding carboxylic acids is 2. The monoisotopic (exact) mass is 325 g/mol. The summed E-state index contributed by atoms with van der Waals surface area (Å²) in [4.78, 5) is 25.3. The summed E-state index contributed by atoms with van der Waals surface area (Å²) in [6.45, 7) is 2.40. The van der Waals surface area contributed by atoms with Crippen LogP contribution in [0.5, 0.6) is 0 Å². The average Bonchev–Trinajstić information content (AvgIpc) is 2.79. The van der Waals surface area contributed by atoms with E-state index in [4.69, 9.17) is 4.74 Å². The first-order valence-electron chi connectivity index (χ1n) is 6.15. The third kappa shape index (κ3) is 2.97. The van der Waals surface area contributed by atoms with Crippen molar-refractivity contribution < 1.29 is 14.3 Å². The molecule has 1 aromatic carbocycles. The minimum Gasteiger partial charge on any atom is -0.469 e. The SMILES string of the molecule is COC(=O)C1CC(=O)N(C(C)c2cccc(Br)c2)C1. The number of methoxy groups -OCH3 is 1. The number of likely N-dealkylation sites (tertiary alicyclic amines) is 1. The number of nitrogens with zero attached hydrogens (tertiary/aromatic N) is 1. The van der Waals surface area contributed by atoms with Gasteiger partial charge in [-0.25, -0.2) is 0 Å². The Morgan fingerprint density at radius 3 is 2.89 bits per heavy atom. The van der Waals surface area contributed by atoms with Gasteiger partial charge in [0.15, 0.2) is 0 Å². The highest BCUT2D eigenvalue weighted by molar-refractivity contribution is 9.10. The lowest BCUT2D eigenvalue weighted by molar-refractivity contribution is -0.145. The van der Waals surface area contributed by atoms with Gasteiger partial charge in [0.05, 0.1) is 19.1 Å². The van der Waals surface area contributed by atoms with Gasteiger partial charge in [-0.1, -0.05) is 28.1 Å². The van der Waals surface area contributed by atoms with E-state index in [0.717, 1.165) is 10.0 Å². The zero-order chi connectivity index (χ0) is 14.0. The van der Waals surface area contributed by atoms with E-state index in [1.54, 1.807) is 4.90 Å². The highest BCUT2D eigenvalue weighted by atomic mass is 79.9. The lowest BCUT2D eigenvalue weighted by Gasteiger charge is -2.25. The number of esters is 1. The minimum atomic E-state index is -0.341. The first-order chi connectivity index (χ1) is 9.02. The van der Waals surface area contributed by atoms with E-state index >= 15 is 0 Å². The summed E-state index contributed by atoms with van der Waals surface area (Å²) < 4.78 is 5.69. The molecule has 1 amide bonds. The second-order valence-corrected chi connectivity index (χ2v) is 5.62. The van der Waals surface area contributed by atoms with Crippen molar-refractivity contribution in [2.24, 2.45) is 5.92 Å². The van der Waals surface area contributed by atoms with Crippen LogP contribution in [0.3, 0.4) is 0 Å². The van der Waals surface area contributed by atoms with E-state index in [2.05, 4.69) is 15.9 Å². The Kier molecular flexibility index (Phi) is 4.24. The summed E-state index contributed by atoms with van der Waals surface area (Å²) in [5.74, 6) is -0.646. The van der Waals surface area contributed by atoms with Crippen molar-refractivity contribution in [1.82, 2.24) is 4.90 Å². The van der Waals surface area contributed by atoms with Gasteiger partial charge in [-0.15, -0.1) is 0 Å². The van der Waals surface area contributed by atoms with Crippen LogP contribution in [0.1, 0.15) is 24.9 Å². The maximum absolute atomic E-state index is 12.0. The summed E-state index contributed by atoms with van der Waals surface area (Å²) in [7, 11) is 1.35. The topological polar surface area (TPSA) is 46.6 Å². The van der Waals surface area contributed by atoms with Crippen molar-refractivity contribution in [1.29, 1.82) is 0 Å². The smallest absolute Gasteiger partial charge is 0.310 e. The van der Waals surface area contributed by atoms with Crippen molar-refractivity contribution in [3.8, 4) is 0 Å². The summed E-state index contributed by atoms with van der Waals surface area (Å²) in [6.07, 6.45) is 0.241. The Bertz CT molecular complexity index is 503. The molecule has 2 atom stereocenters. The molecule has 0 aliphatic carbocycles. The van der Waals surface area contributed by atoms with Crippen molar-refractivity contribution in [3.05, 3.63) is 34.3 Å². The van der Waals surface area contributed by atoms with Gasteiger partial charge in [-0.05, 0) is 24.6 Å². The van der Waals surface area contributed by atoms with Gasteiger partial charge >= 0.3 is 5.97 Å². The minimum absolute atomic E-state index is 0.00266. The first kappa shape index (κ1) is 14.1. The van der Waals surface area contributed by atoms with Crippen LogP contribution < -0.4 is 0 Å². The normalized spacial score (nSPS) is 20.5. The zero-order valence-corrected chi connectivity index (χ0v) is 12.5. The number of halogens is 1. The second-order valence-electron chi connectivity index (χ2n) is 4.70. The van der Waals surface area contributed by atoms with Gasteiger partial charge in [-0.2, -0.15) is 0 Å². The summed E-state index contributed by atoms with van der Waals surface area (Å²) in [6, 6.07) is 7.81. The van der Waals surface area contributed by atoms with Crippen LogP contribution in [0, 0.1) is 5.92 Å². The number of amides is 1. The Hall–Kier alpha value is -1.36. The number of ether oxygens (including phenoxy) is 1. The van der Waals surface area contributed by atoms with E-state index in [1.165, 1.54) is 7.11 Å². The third-order valence-electron chi connectivity index (χ3n) is 3.49. The highest BCUT2D eigenvalue weighted by Crippen LogP contribution is 2.30. The van der Waals surface area contributed by atoms with Crippen LogP contribution in [-0.2, 0) is 14.3 Å². The Labute approximate surface area is 120 Å². The van der Waals surface area contributed by atoms with Crippen molar-refractivity contribution in [3.63, 3.8) is 0 Å². The van der Waals surface area contributed by atoms with E-state index < -0.39 is 0 Å². The van der Waals surface area contributed by atoms with Crippen molar-refractivity contribution >= 4 is 27.8 Å². The zero-order valence-electron chi connectivity index (χ0n) is 10.9. The number of carbonyl (C=O) groups is 2. The molecule has 0 spiro atoms. The van der Waals surface area contributed by atoms with Crippen LogP contribution in [0.4, 0.5) is 0 Å². The predicted molar refractivity (Wildman–Crippen MR) is 74.4 cm³/mol. The number of hydrogen-bond donors (Lipinski definition) is 0. The molecule has 1 heterocycles. The van der Waals surface area contributed by atoms with E-state index in [1.807, 2.05) is 31.2 Å². The molecule has 0 aromatic heterocycles. The molecule has 0 bridgehead atoms. The fourth-order valence-electron chi connectivity index (χ4n) is 2.38. The molecule has 19 heavy (non-hydrogen) atoms. The van der Waals surface area contributed by atoms with Crippen LogP contribution in [0.2, 0.25) is 0 Å². The standard InChI is InChI=1S/C14H16BrNO3/c1-9(10-4-3-5-12(15)6-10)16-8-11(7-13(16)17)14(18)19-2/h3-6,9,11H,7-8H2,1-2H3. The van der Waals surface area contributed by atoms with Crippen LogP contribution in [0.25, 0.3) is 0 Å². The maximum atomic E-state index is 12.0. The molecule has 1 aliphatic rings. The second kappa shape index (κ2) is 5.74. The number of benzene rings is 1. The van der Waals surface area contributed by atoms with E-state index in [0.29, 0.717) is 6.54 Å². The average molecular weight is 326 g/mol. The van der Waals surface area contributed by atoms with Gasteiger partial charge < -0.3 is 9.64 Å². The quantitative estimate of drug-likeness (QED) is 0.802. The van der Waals surface area contributed by atoms with Crippen LogP contribution >= 0.6 is 15.9 Å². The molecule has 1 fully saturated rings. The molecular weight excluding hydrogens is 310 g/mol. The molecule has 0 saturated carbocycles. The lowest BCUT2D eigenvalue weighted by Crippen LogP contribution is -2.29. The van der Waals surface area contributed by atoms with Crippen molar-refractivity contribution in [2.45, 2.75) is 19.4 Å². The summed E-state index contributed by atoms with van der Waals surface area (Å²) in [5.41, 5.74) is 1.05.